The molecule has 0 aliphatic heterocycles. The lowest BCUT2D eigenvalue weighted by Crippen LogP contribution is -2.16. The van der Waals surface area contributed by atoms with Crippen LogP contribution in [-0.2, 0) is 16.3 Å². The number of alkyl halides is 3. The van der Waals surface area contributed by atoms with E-state index in [0.717, 1.165) is 0 Å². The molecule has 1 heterocycles. The van der Waals surface area contributed by atoms with Crippen molar-refractivity contribution in [1.29, 1.82) is 0 Å². The molecule has 1 aromatic heterocycles. The zero-order valence-corrected chi connectivity index (χ0v) is 12.2. The Morgan fingerprint density at radius 2 is 1.36 bits per heavy atom. The Bertz CT molecular complexity index is 913. The Morgan fingerprint density at radius 1 is 0.880 bits per heavy atom. The third-order valence-electron chi connectivity index (χ3n) is 2.68. The van der Waals surface area contributed by atoms with E-state index < -0.39 is 61.7 Å². The third-order valence-corrected chi connectivity index (χ3v) is 3.80. The van der Waals surface area contributed by atoms with E-state index in [1.54, 1.807) is 0 Å². The third kappa shape index (κ3) is 3.50. The van der Waals surface area contributed by atoms with Gasteiger partial charge in [0.15, 0.2) is 5.03 Å². The van der Waals surface area contributed by atoms with Gasteiger partial charge >= 0.3 is 16.3 Å². The van der Waals surface area contributed by atoms with Gasteiger partial charge in [-0.15, -0.1) is 0 Å². The Balaban J connectivity index is 2.55. The van der Waals surface area contributed by atoms with Crippen LogP contribution in [0.4, 0.5) is 35.1 Å². The lowest BCUT2D eigenvalue weighted by Gasteiger charge is -2.11. The van der Waals surface area contributed by atoms with Crippen LogP contribution in [0.1, 0.15) is 5.56 Å². The zero-order chi connectivity index (χ0) is 19.2. The van der Waals surface area contributed by atoms with Crippen LogP contribution in [0.5, 0.6) is 5.75 Å². The first-order chi connectivity index (χ1) is 11.4. The molecule has 0 bridgehead atoms. The fourth-order valence-corrected chi connectivity index (χ4v) is 2.45. The molecule has 13 heteroatoms. The van der Waals surface area contributed by atoms with E-state index in [9.17, 15) is 43.5 Å². The van der Waals surface area contributed by atoms with Gasteiger partial charge in [-0.2, -0.15) is 30.4 Å². The van der Waals surface area contributed by atoms with Crippen LogP contribution in [0, 0.1) is 29.1 Å². The predicted molar refractivity (Wildman–Crippen MR) is 63.3 cm³/mol. The lowest BCUT2D eigenvalue weighted by molar-refractivity contribution is -0.137. The van der Waals surface area contributed by atoms with Gasteiger partial charge in [0, 0.05) is 6.20 Å². The van der Waals surface area contributed by atoms with Crippen molar-refractivity contribution < 1.29 is 47.7 Å². The molecule has 0 radical (unpaired) electrons. The largest absolute Gasteiger partial charge is 0.416 e. The SMILES string of the molecule is O=S(=O)(Oc1c(F)c(F)c(F)c(F)c1F)c1cc(C(F)(F)F)ccn1. The van der Waals surface area contributed by atoms with Gasteiger partial charge in [0.1, 0.15) is 0 Å². The van der Waals surface area contributed by atoms with Crippen LogP contribution in [-0.4, -0.2) is 13.4 Å². The predicted octanol–water partition coefficient (Wildman–Crippen LogP) is 3.56. The van der Waals surface area contributed by atoms with Gasteiger partial charge in [-0.25, -0.2) is 18.2 Å². The summed E-state index contributed by atoms with van der Waals surface area (Å²) in [6.45, 7) is 0. The molecule has 0 aliphatic rings. The number of halogens is 8. The molecule has 2 aromatic rings. The highest BCUT2D eigenvalue weighted by Gasteiger charge is 2.34. The number of benzene rings is 1. The van der Waals surface area contributed by atoms with Crippen molar-refractivity contribution >= 4 is 10.1 Å². The van der Waals surface area contributed by atoms with Crippen LogP contribution < -0.4 is 4.18 Å². The summed E-state index contributed by atoms with van der Waals surface area (Å²) >= 11 is 0. The Labute approximate surface area is 133 Å². The van der Waals surface area contributed by atoms with E-state index in [4.69, 9.17) is 0 Å². The summed E-state index contributed by atoms with van der Waals surface area (Å²) in [4.78, 5) is 3.02. The molecule has 0 amide bonds. The number of hydrogen-bond acceptors (Lipinski definition) is 4. The van der Waals surface area contributed by atoms with Gasteiger partial charge < -0.3 is 4.18 Å². The molecule has 0 saturated carbocycles. The van der Waals surface area contributed by atoms with Crippen molar-refractivity contribution in [3.8, 4) is 5.75 Å². The van der Waals surface area contributed by atoms with Gasteiger partial charge in [0.05, 0.1) is 5.56 Å². The monoisotopic (exact) mass is 393 g/mol. The summed E-state index contributed by atoms with van der Waals surface area (Å²) in [6.07, 6.45) is -4.59. The summed E-state index contributed by atoms with van der Waals surface area (Å²) in [5.41, 5.74) is -1.50. The standard InChI is InChI=1S/C12H3F8NO3S/c13-6-7(14)9(16)11(10(17)8(6)15)24-25(22,23)5-3-4(1-2-21-5)12(18,19)20/h1-3H. The topological polar surface area (TPSA) is 56.3 Å². The van der Waals surface area contributed by atoms with Crippen molar-refractivity contribution in [2.45, 2.75) is 11.2 Å². The Kier molecular flexibility index (Phi) is 4.63. The molecule has 136 valence electrons. The molecule has 0 fully saturated rings. The molecule has 2 rings (SSSR count). The molecule has 0 spiro atoms. The van der Waals surface area contributed by atoms with Gasteiger partial charge in [-0.05, 0) is 12.1 Å². The summed E-state index contributed by atoms with van der Waals surface area (Å²) in [5, 5.41) is -1.45. The lowest BCUT2D eigenvalue weighted by atomic mass is 10.3. The molecule has 0 atom stereocenters. The number of pyridine rings is 1. The van der Waals surface area contributed by atoms with Crippen LogP contribution >= 0.6 is 0 Å². The van der Waals surface area contributed by atoms with Gasteiger partial charge in [-0.3, -0.25) is 0 Å². The number of rotatable bonds is 3. The molecule has 4 nitrogen and oxygen atoms in total. The smallest absolute Gasteiger partial charge is 0.371 e. The average molecular weight is 393 g/mol. The van der Waals surface area contributed by atoms with Crippen LogP contribution in [0.3, 0.4) is 0 Å². The first kappa shape index (κ1) is 18.9. The van der Waals surface area contributed by atoms with Crippen molar-refractivity contribution in [3.63, 3.8) is 0 Å². The van der Waals surface area contributed by atoms with Crippen LogP contribution in [0.2, 0.25) is 0 Å². The van der Waals surface area contributed by atoms with Crippen LogP contribution in [0.15, 0.2) is 23.4 Å². The van der Waals surface area contributed by atoms with E-state index in [1.807, 2.05) is 0 Å². The quantitative estimate of drug-likeness (QED) is 0.346. The fourth-order valence-electron chi connectivity index (χ4n) is 1.53. The van der Waals surface area contributed by atoms with Crippen molar-refractivity contribution in [3.05, 3.63) is 53.0 Å². The second-order valence-corrected chi connectivity index (χ2v) is 5.81. The summed E-state index contributed by atoms with van der Waals surface area (Å²) in [5.74, 6) is -15.0. The van der Waals surface area contributed by atoms with Crippen molar-refractivity contribution in [1.82, 2.24) is 4.98 Å². The van der Waals surface area contributed by atoms with Gasteiger partial charge in [-0.1, -0.05) is 0 Å². The Morgan fingerprint density at radius 3 is 1.84 bits per heavy atom. The van der Waals surface area contributed by atoms with E-state index in [-0.39, 0.29) is 6.07 Å². The number of aromatic nitrogens is 1. The second kappa shape index (κ2) is 6.13. The minimum absolute atomic E-state index is 0.0403. The van der Waals surface area contributed by atoms with Crippen molar-refractivity contribution in [2.75, 3.05) is 0 Å². The minimum Gasteiger partial charge on any atom is -0.371 e. The molecule has 1 aromatic carbocycles. The maximum atomic E-state index is 13.4. The fraction of sp³-hybridized carbons (Fsp3) is 0.0833. The van der Waals surface area contributed by atoms with E-state index in [0.29, 0.717) is 12.3 Å². The molecular formula is C12H3F8NO3S. The van der Waals surface area contributed by atoms with E-state index >= 15 is 0 Å². The zero-order valence-electron chi connectivity index (χ0n) is 11.3. The first-order valence-corrected chi connectivity index (χ1v) is 7.26. The molecule has 0 unspecified atom stereocenters. The normalized spacial score (nSPS) is 12.3. The molecule has 0 N–H and O–H groups in total. The Hall–Kier alpha value is -2.44. The summed E-state index contributed by atoms with van der Waals surface area (Å²) in [6, 6.07) is 0.346. The number of nitrogens with zero attached hydrogens (tertiary/aromatic N) is 1. The maximum absolute atomic E-state index is 13.4. The van der Waals surface area contributed by atoms with Crippen LogP contribution in [0.25, 0.3) is 0 Å². The molecule has 0 aliphatic carbocycles. The average Bonchev–Trinajstić information content (AvgIpc) is 2.54. The first-order valence-electron chi connectivity index (χ1n) is 5.85. The maximum Gasteiger partial charge on any atom is 0.416 e. The molecular weight excluding hydrogens is 390 g/mol. The van der Waals surface area contributed by atoms with Gasteiger partial charge in [0.2, 0.25) is 34.8 Å². The molecule has 0 saturated heterocycles. The highest BCUT2D eigenvalue weighted by atomic mass is 32.2. The highest BCUT2D eigenvalue weighted by Crippen LogP contribution is 2.33. The minimum atomic E-state index is -5.43. The number of hydrogen-bond donors (Lipinski definition) is 0. The van der Waals surface area contributed by atoms with E-state index in [1.165, 1.54) is 0 Å². The van der Waals surface area contributed by atoms with E-state index in [2.05, 4.69) is 9.17 Å². The second-order valence-electron chi connectivity index (χ2n) is 4.32. The molecule has 25 heavy (non-hydrogen) atoms. The van der Waals surface area contributed by atoms with Gasteiger partial charge in [0.25, 0.3) is 0 Å². The van der Waals surface area contributed by atoms with Crippen molar-refractivity contribution in [2.24, 2.45) is 0 Å². The highest BCUT2D eigenvalue weighted by molar-refractivity contribution is 7.87. The summed E-state index contributed by atoms with van der Waals surface area (Å²) < 4.78 is 131. The summed E-state index contributed by atoms with van der Waals surface area (Å²) in [7, 11) is -5.43.